The first-order chi connectivity index (χ1) is 15.8. The van der Waals surface area contributed by atoms with Crippen LogP contribution in [-0.4, -0.2) is 32.5 Å². The minimum atomic E-state index is -3.78. The van der Waals surface area contributed by atoms with Crippen molar-refractivity contribution in [3.63, 3.8) is 0 Å². The number of hydrogen-bond donors (Lipinski definition) is 0. The number of rotatable bonds is 0. The molecule has 0 N–H and O–H groups in total. The standard InChI is InChI=1S/2C13H9Br2N.Sn/c2*1-16(12-6-2-10(14)3-7-12)13-8-4-11(15)5-9-13;/h2*2-6,8H,1H3;. The van der Waals surface area contributed by atoms with E-state index >= 15 is 0 Å². The van der Waals surface area contributed by atoms with Crippen LogP contribution >= 0.6 is 63.7 Å². The monoisotopic (exact) mass is 794 g/mol. The topological polar surface area (TPSA) is 6.48 Å². The predicted molar refractivity (Wildman–Crippen MR) is 157 cm³/mol. The number of benzene rings is 4. The van der Waals surface area contributed by atoms with E-state index in [4.69, 9.17) is 0 Å². The summed E-state index contributed by atoms with van der Waals surface area (Å²) in [5.41, 5.74) is 5.19. The molecule has 2 aliphatic rings. The van der Waals surface area contributed by atoms with Crippen molar-refractivity contribution in [1.29, 1.82) is 0 Å². The van der Waals surface area contributed by atoms with Crippen molar-refractivity contribution < 1.29 is 0 Å². The van der Waals surface area contributed by atoms with Gasteiger partial charge in [0.25, 0.3) is 0 Å². The average molecular weight is 797 g/mol. The molecular formula is C26H18Br4N2Sn. The molecule has 0 aliphatic carbocycles. The van der Waals surface area contributed by atoms with Gasteiger partial charge in [-0.3, -0.25) is 0 Å². The maximum atomic E-state index is 3.81. The van der Waals surface area contributed by atoms with Crippen LogP contribution < -0.4 is 24.1 Å². The van der Waals surface area contributed by atoms with Gasteiger partial charge >= 0.3 is 234 Å². The number of fused-ring (bicyclic) bond motifs is 8. The zero-order valence-corrected chi connectivity index (χ0v) is 27.0. The van der Waals surface area contributed by atoms with Crippen molar-refractivity contribution in [2.75, 3.05) is 23.9 Å². The molecule has 0 atom stereocenters. The van der Waals surface area contributed by atoms with Crippen LogP contribution in [0.3, 0.4) is 0 Å². The summed E-state index contributed by atoms with van der Waals surface area (Å²) in [4.78, 5) is 4.72. The Hall–Kier alpha value is -0.801. The van der Waals surface area contributed by atoms with Gasteiger partial charge < -0.3 is 0 Å². The van der Waals surface area contributed by atoms with E-state index in [1.807, 2.05) is 0 Å². The molecule has 2 aliphatic heterocycles. The molecule has 0 radical (unpaired) electrons. The van der Waals surface area contributed by atoms with Gasteiger partial charge in [0.15, 0.2) is 0 Å². The SMILES string of the molecule is CN1c2ccc(Br)c[c]2[Sn]2([c]3cc(Br)ccc31)[c]1cc(Br)ccc1N(C)c1ccc(Br)c[c]12. The van der Waals surface area contributed by atoms with E-state index in [-0.39, 0.29) is 0 Å². The molecular weight excluding hydrogens is 779 g/mol. The van der Waals surface area contributed by atoms with Crippen LogP contribution in [-0.2, 0) is 0 Å². The van der Waals surface area contributed by atoms with Gasteiger partial charge in [-0.1, -0.05) is 0 Å². The van der Waals surface area contributed by atoms with Gasteiger partial charge in [-0.2, -0.15) is 0 Å². The Morgan fingerprint density at radius 3 is 0.939 bits per heavy atom. The van der Waals surface area contributed by atoms with Gasteiger partial charge in [0, 0.05) is 0 Å². The Bertz CT molecular complexity index is 1250. The number of hydrogen-bond acceptors (Lipinski definition) is 2. The van der Waals surface area contributed by atoms with Crippen LogP contribution in [0.25, 0.3) is 0 Å². The molecule has 4 aromatic rings. The summed E-state index contributed by atoms with van der Waals surface area (Å²) in [6.45, 7) is 0. The molecule has 0 aromatic heterocycles. The first-order valence-corrected chi connectivity index (χ1v) is 19.4. The first kappa shape index (κ1) is 22.6. The summed E-state index contributed by atoms with van der Waals surface area (Å²) < 4.78 is 10.4. The normalized spacial score (nSPS) is 15.1. The molecule has 0 bridgehead atoms. The van der Waals surface area contributed by atoms with E-state index < -0.39 is 18.4 Å². The molecule has 2 nitrogen and oxygen atoms in total. The van der Waals surface area contributed by atoms with Crippen LogP contribution in [0.2, 0.25) is 0 Å². The molecule has 4 aromatic carbocycles. The van der Waals surface area contributed by atoms with Crippen LogP contribution in [0, 0.1) is 0 Å². The van der Waals surface area contributed by atoms with Crippen LogP contribution in [0.4, 0.5) is 22.7 Å². The van der Waals surface area contributed by atoms with E-state index in [0.29, 0.717) is 0 Å². The zero-order valence-electron chi connectivity index (χ0n) is 17.8. The van der Waals surface area contributed by atoms with Gasteiger partial charge in [-0.15, -0.1) is 0 Å². The Labute approximate surface area is 231 Å². The molecule has 0 saturated carbocycles. The minimum absolute atomic E-state index is 1.12. The maximum absolute atomic E-state index is 3.81. The summed E-state index contributed by atoms with van der Waals surface area (Å²) >= 11 is 11.5. The fourth-order valence-electron chi connectivity index (χ4n) is 5.53. The number of anilines is 4. The van der Waals surface area contributed by atoms with Crippen molar-refractivity contribution in [3.05, 3.63) is 90.7 Å². The van der Waals surface area contributed by atoms with Gasteiger partial charge in [0.2, 0.25) is 0 Å². The summed E-state index contributed by atoms with van der Waals surface area (Å²) in [7, 11) is 4.38. The van der Waals surface area contributed by atoms with Crippen molar-refractivity contribution in [1.82, 2.24) is 0 Å². The van der Waals surface area contributed by atoms with Crippen molar-refractivity contribution in [2.45, 2.75) is 0 Å². The molecule has 0 saturated heterocycles. The third-order valence-electron chi connectivity index (χ3n) is 6.90. The van der Waals surface area contributed by atoms with E-state index in [2.05, 4.69) is 160 Å². The molecule has 0 amide bonds. The van der Waals surface area contributed by atoms with E-state index in [1.54, 1.807) is 0 Å². The molecule has 0 unspecified atom stereocenters. The van der Waals surface area contributed by atoms with E-state index in [1.165, 1.54) is 37.1 Å². The molecule has 2 heterocycles. The Balaban J connectivity index is 1.90. The second-order valence-corrected chi connectivity index (χ2v) is 22.6. The third kappa shape index (κ3) is 3.20. The number of nitrogens with zero attached hydrogens (tertiary/aromatic N) is 2. The zero-order chi connectivity index (χ0) is 23.1. The van der Waals surface area contributed by atoms with Gasteiger partial charge in [0.05, 0.1) is 0 Å². The molecule has 1 spiro atoms. The second kappa shape index (κ2) is 8.12. The average Bonchev–Trinajstić information content (AvgIpc) is 2.79. The fraction of sp³-hybridized carbons (Fsp3) is 0.0769. The quantitative estimate of drug-likeness (QED) is 0.194. The van der Waals surface area contributed by atoms with Gasteiger partial charge in [0.1, 0.15) is 0 Å². The summed E-state index contributed by atoms with van der Waals surface area (Å²) in [5, 5.41) is 0. The Kier molecular flexibility index (Phi) is 5.57. The predicted octanol–water partition coefficient (Wildman–Crippen LogP) is 6.28. The fourth-order valence-corrected chi connectivity index (χ4v) is 25.9. The summed E-state index contributed by atoms with van der Waals surface area (Å²) in [6, 6.07) is 27.3. The third-order valence-corrected chi connectivity index (χ3v) is 22.7. The summed E-state index contributed by atoms with van der Waals surface area (Å²) in [6.07, 6.45) is 0. The van der Waals surface area contributed by atoms with E-state index in [0.717, 1.165) is 17.9 Å². The molecule has 33 heavy (non-hydrogen) atoms. The summed E-state index contributed by atoms with van der Waals surface area (Å²) in [5.74, 6) is 0. The molecule has 6 rings (SSSR count). The van der Waals surface area contributed by atoms with Gasteiger partial charge in [-0.05, 0) is 0 Å². The van der Waals surface area contributed by atoms with Crippen molar-refractivity contribution >= 4 is 119 Å². The molecule has 7 heteroatoms. The Morgan fingerprint density at radius 1 is 0.455 bits per heavy atom. The molecule has 0 fully saturated rings. The van der Waals surface area contributed by atoms with Crippen LogP contribution in [0.15, 0.2) is 90.7 Å². The van der Waals surface area contributed by atoms with Crippen molar-refractivity contribution in [3.8, 4) is 0 Å². The first-order valence-electron chi connectivity index (χ1n) is 10.5. The van der Waals surface area contributed by atoms with Gasteiger partial charge in [-0.25, -0.2) is 0 Å². The van der Waals surface area contributed by atoms with E-state index in [9.17, 15) is 0 Å². The number of halogens is 4. The second-order valence-electron chi connectivity index (χ2n) is 8.51. The van der Waals surface area contributed by atoms with Crippen molar-refractivity contribution in [2.24, 2.45) is 0 Å². The Morgan fingerprint density at radius 2 is 0.697 bits per heavy atom. The molecule has 164 valence electrons. The van der Waals surface area contributed by atoms with Crippen LogP contribution in [0.5, 0.6) is 0 Å². The van der Waals surface area contributed by atoms with Crippen LogP contribution in [0.1, 0.15) is 0 Å².